The number of carboxylic acids is 1. The van der Waals surface area contributed by atoms with E-state index in [9.17, 15) is 4.79 Å². The van der Waals surface area contributed by atoms with E-state index in [1.807, 2.05) is 53.0 Å². The van der Waals surface area contributed by atoms with Crippen molar-refractivity contribution in [1.82, 2.24) is 9.61 Å². The number of fused-ring (bicyclic) bond motifs is 5. The van der Waals surface area contributed by atoms with Crippen molar-refractivity contribution in [3.8, 4) is 0 Å². The summed E-state index contributed by atoms with van der Waals surface area (Å²) < 4.78 is 1.83. The van der Waals surface area contributed by atoms with Gasteiger partial charge in [0.05, 0.1) is 16.6 Å². The third-order valence-electron chi connectivity index (χ3n) is 3.52. The average Bonchev–Trinajstić information content (AvgIpc) is 2.96. The number of carboxylic acid groups (broad SMARTS) is 1. The average molecular weight is 262 g/mol. The molecule has 0 saturated heterocycles. The Morgan fingerprint density at radius 2 is 1.75 bits per heavy atom. The zero-order valence-corrected chi connectivity index (χ0v) is 10.4. The molecule has 4 rings (SSSR count). The third-order valence-corrected chi connectivity index (χ3v) is 3.52. The maximum absolute atomic E-state index is 11.1. The van der Waals surface area contributed by atoms with E-state index in [0.717, 1.165) is 27.3 Å². The van der Waals surface area contributed by atoms with Gasteiger partial charge in [0.15, 0.2) is 0 Å². The number of rotatable bonds is 1. The van der Waals surface area contributed by atoms with Gasteiger partial charge in [-0.15, -0.1) is 0 Å². The minimum Gasteiger partial charge on any atom is -0.478 e. The van der Waals surface area contributed by atoms with Gasteiger partial charge in [-0.1, -0.05) is 36.4 Å². The molecule has 0 radical (unpaired) electrons. The van der Waals surface area contributed by atoms with Crippen LogP contribution in [0.3, 0.4) is 0 Å². The van der Waals surface area contributed by atoms with Crippen LogP contribution in [-0.4, -0.2) is 20.7 Å². The molecule has 0 saturated carbocycles. The molecule has 0 atom stereocenters. The van der Waals surface area contributed by atoms with Crippen molar-refractivity contribution in [2.75, 3.05) is 0 Å². The standard InChI is InChI=1S/C16H10N2O2/c19-15(20)9-12-10-5-2-4-8-14(10)18-16(12)11-6-1-3-7-13(11)17-18/h1-9H,(H,19,20)/b12-9-. The Kier molecular flexibility index (Phi) is 2.09. The maximum Gasteiger partial charge on any atom is 0.329 e. The van der Waals surface area contributed by atoms with Crippen LogP contribution in [0.25, 0.3) is 33.4 Å². The van der Waals surface area contributed by atoms with Gasteiger partial charge in [0.2, 0.25) is 0 Å². The molecular weight excluding hydrogens is 252 g/mol. The van der Waals surface area contributed by atoms with Crippen molar-refractivity contribution in [3.63, 3.8) is 0 Å². The van der Waals surface area contributed by atoms with Crippen molar-refractivity contribution in [2.24, 2.45) is 0 Å². The van der Waals surface area contributed by atoms with Crippen LogP contribution in [0, 0.1) is 0 Å². The lowest BCUT2D eigenvalue weighted by molar-refractivity contribution is -0.129. The zero-order chi connectivity index (χ0) is 13.7. The molecule has 0 amide bonds. The van der Waals surface area contributed by atoms with Gasteiger partial charge in [0.25, 0.3) is 0 Å². The number of carbonyl (C=O) groups is 1. The summed E-state index contributed by atoms with van der Waals surface area (Å²) >= 11 is 0. The zero-order valence-electron chi connectivity index (χ0n) is 10.4. The van der Waals surface area contributed by atoms with Gasteiger partial charge < -0.3 is 5.11 Å². The Morgan fingerprint density at radius 3 is 2.55 bits per heavy atom. The Morgan fingerprint density at radius 1 is 1.05 bits per heavy atom. The number of hydrogen-bond acceptors (Lipinski definition) is 2. The highest BCUT2D eigenvalue weighted by molar-refractivity contribution is 6.08. The van der Waals surface area contributed by atoms with Crippen molar-refractivity contribution in [3.05, 3.63) is 53.7 Å². The smallest absolute Gasteiger partial charge is 0.329 e. The highest BCUT2D eigenvalue weighted by Crippen LogP contribution is 2.22. The van der Waals surface area contributed by atoms with E-state index in [1.165, 1.54) is 6.08 Å². The van der Waals surface area contributed by atoms with Crippen LogP contribution in [0.1, 0.15) is 0 Å². The fourth-order valence-corrected chi connectivity index (χ4v) is 2.75. The largest absolute Gasteiger partial charge is 0.478 e. The summed E-state index contributed by atoms with van der Waals surface area (Å²) in [7, 11) is 0. The van der Waals surface area contributed by atoms with E-state index in [4.69, 9.17) is 5.11 Å². The van der Waals surface area contributed by atoms with Crippen molar-refractivity contribution < 1.29 is 9.90 Å². The maximum atomic E-state index is 11.1. The minimum atomic E-state index is -0.950. The van der Waals surface area contributed by atoms with Crippen molar-refractivity contribution >= 4 is 39.4 Å². The first-order valence-electron chi connectivity index (χ1n) is 6.28. The molecule has 96 valence electrons. The summed E-state index contributed by atoms with van der Waals surface area (Å²) in [5, 5.41) is 16.3. The van der Waals surface area contributed by atoms with Crippen LogP contribution in [0.2, 0.25) is 0 Å². The molecule has 4 heteroatoms. The second-order valence-corrected chi connectivity index (χ2v) is 4.69. The van der Waals surface area contributed by atoms with Crippen LogP contribution in [0.5, 0.6) is 0 Å². The predicted octanol–water partition coefficient (Wildman–Crippen LogP) is 2.22. The van der Waals surface area contributed by atoms with Crippen LogP contribution in [0.4, 0.5) is 0 Å². The quantitative estimate of drug-likeness (QED) is 0.572. The Hall–Kier alpha value is -2.88. The van der Waals surface area contributed by atoms with Gasteiger partial charge in [-0.05, 0) is 12.1 Å². The highest BCUT2D eigenvalue weighted by Gasteiger charge is 2.13. The van der Waals surface area contributed by atoms with Crippen LogP contribution in [-0.2, 0) is 4.79 Å². The summed E-state index contributed by atoms with van der Waals surface area (Å²) in [4.78, 5) is 11.1. The van der Waals surface area contributed by atoms with Gasteiger partial charge in [0.1, 0.15) is 0 Å². The van der Waals surface area contributed by atoms with E-state index in [1.54, 1.807) is 0 Å². The molecule has 2 aromatic heterocycles. The molecule has 2 heterocycles. The molecular formula is C16H10N2O2. The van der Waals surface area contributed by atoms with E-state index in [-0.39, 0.29) is 0 Å². The molecule has 0 unspecified atom stereocenters. The first-order chi connectivity index (χ1) is 9.75. The van der Waals surface area contributed by atoms with Gasteiger partial charge >= 0.3 is 5.97 Å². The fourth-order valence-electron chi connectivity index (χ4n) is 2.75. The first-order valence-corrected chi connectivity index (χ1v) is 6.28. The van der Waals surface area contributed by atoms with Crippen LogP contribution < -0.4 is 5.22 Å². The molecule has 0 bridgehead atoms. The summed E-state index contributed by atoms with van der Waals surface area (Å²) in [6.07, 6.45) is 1.26. The van der Waals surface area contributed by atoms with Gasteiger partial charge in [-0.2, -0.15) is 5.10 Å². The third kappa shape index (κ3) is 1.36. The van der Waals surface area contributed by atoms with Crippen molar-refractivity contribution in [2.45, 2.75) is 0 Å². The molecule has 2 aromatic carbocycles. The van der Waals surface area contributed by atoms with Crippen LogP contribution in [0.15, 0.2) is 48.5 Å². The van der Waals surface area contributed by atoms with Crippen LogP contribution >= 0.6 is 0 Å². The summed E-state index contributed by atoms with van der Waals surface area (Å²) in [6, 6.07) is 15.5. The minimum absolute atomic E-state index is 0.710. The number of nitrogens with zero attached hydrogens (tertiary/aromatic N) is 2. The Labute approximate surface area is 113 Å². The van der Waals surface area contributed by atoms with E-state index in [2.05, 4.69) is 5.10 Å². The Bertz CT molecular complexity index is 1020. The Balaban J connectivity index is 2.39. The van der Waals surface area contributed by atoms with E-state index in [0.29, 0.717) is 5.22 Å². The second kappa shape index (κ2) is 3.81. The lowest BCUT2D eigenvalue weighted by Gasteiger charge is -1.89. The highest BCUT2D eigenvalue weighted by atomic mass is 16.4. The summed E-state index contributed by atoms with van der Waals surface area (Å²) in [5.41, 5.74) is 2.64. The molecule has 0 aliphatic rings. The monoisotopic (exact) mass is 262 g/mol. The molecule has 20 heavy (non-hydrogen) atoms. The molecule has 4 aromatic rings. The second-order valence-electron chi connectivity index (χ2n) is 4.69. The molecule has 0 fully saturated rings. The van der Waals surface area contributed by atoms with E-state index < -0.39 is 5.97 Å². The summed E-state index contributed by atoms with van der Waals surface area (Å²) in [5.74, 6) is -0.950. The first kappa shape index (κ1) is 11.0. The van der Waals surface area contributed by atoms with Gasteiger partial charge in [-0.3, -0.25) is 0 Å². The van der Waals surface area contributed by atoms with E-state index >= 15 is 0 Å². The number of aliphatic carboxylic acids is 1. The normalized spacial score (nSPS) is 12.7. The molecule has 1 N–H and O–H groups in total. The van der Waals surface area contributed by atoms with Gasteiger partial charge in [-0.25, -0.2) is 9.31 Å². The van der Waals surface area contributed by atoms with Crippen molar-refractivity contribution in [1.29, 1.82) is 0 Å². The van der Waals surface area contributed by atoms with Gasteiger partial charge in [0, 0.05) is 22.1 Å². The fraction of sp³-hybridized carbons (Fsp3) is 0. The number of benzene rings is 2. The number of aromatic nitrogens is 2. The molecule has 4 nitrogen and oxygen atoms in total. The molecule has 0 aliphatic carbocycles. The number of para-hydroxylation sites is 1. The topological polar surface area (TPSA) is 54.6 Å². The summed E-state index contributed by atoms with van der Waals surface area (Å²) in [6.45, 7) is 0. The lowest BCUT2D eigenvalue weighted by Crippen LogP contribution is -2.03. The molecule has 0 aliphatic heterocycles. The molecule has 0 spiro atoms. The number of hydrogen-bond donors (Lipinski definition) is 1. The predicted molar refractivity (Wildman–Crippen MR) is 77.5 cm³/mol. The SMILES string of the molecule is O=C(O)/C=c1/c2ccccc2n2nc3ccccc3c12. The lowest BCUT2D eigenvalue weighted by atomic mass is 10.1.